The number of rotatable bonds is 10. The Morgan fingerprint density at radius 1 is 1.09 bits per heavy atom. The van der Waals surface area contributed by atoms with Crippen LogP contribution in [0.1, 0.15) is 36.4 Å². The van der Waals surface area contributed by atoms with Crippen LogP contribution in [0.5, 0.6) is 0 Å². The number of fused-ring (bicyclic) bond motifs is 1. The zero-order chi connectivity index (χ0) is 24.9. The van der Waals surface area contributed by atoms with E-state index in [0.29, 0.717) is 30.8 Å². The number of aryl methyl sites for hydroxylation is 2. The van der Waals surface area contributed by atoms with Crippen LogP contribution in [0.15, 0.2) is 58.7 Å². The number of nitrogens with zero attached hydrogens (tertiary/aromatic N) is 2. The number of hydrogen-bond acceptors (Lipinski definition) is 6. The smallest absolute Gasteiger partial charge is 0.260 e. The van der Waals surface area contributed by atoms with Gasteiger partial charge in [-0.2, -0.15) is 0 Å². The zero-order valence-corrected chi connectivity index (χ0v) is 21.6. The molecule has 0 saturated heterocycles. The van der Waals surface area contributed by atoms with Crippen LogP contribution in [-0.2, 0) is 17.8 Å². The number of hydrogen-bond donors (Lipinski definition) is 2. The fourth-order valence-electron chi connectivity index (χ4n) is 4.28. The monoisotopic (exact) mass is 491 g/mol. The summed E-state index contributed by atoms with van der Waals surface area (Å²) in [5, 5.41) is 13.2. The van der Waals surface area contributed by atoms with Crippen molar-refractivity contribution in [3.63, 3.8) is 0 Å². The van der Waals surface area contributed by atoms with Gasteiger partial charge in [-0.1, -0.05) is 54.1 Å². The van der Waals surface area contributed by atoms with Gasteiger partial charge in [0.25, 0.3) is 5.56 Å². The van der Waals surface area contributed by atoms with Gasteiger partial charge >= 0.3 is 0 Å². The van der Waals surface area contributed by atoms with Gasteiger partial charge in [-0.15, -0.1) is 11.3 Å². The van der Waals surface area contributed by atoms with Gasteiger partial charge in [-0.05, 0) is 44.4 Å². The third kappa shape index (κ3) is 6.44. The van der Waals surface area contributed by atoms with Crippen molar-refractivity contribution in [2.45, 2.75) is 53.0 Å². The highest BCUT2D eigenvalue weighted by Crippen LogP contribution is 2.33. The summed E-state index contributed by atoms with van der Waals surface area (Å²) in [6, 6.07) is 16.4. The van der Waals surface area contributed by atoms with Crippen LogP contribution in [0.4, 0.5) is 0 Å². The minimum Gasteiger partial charge on any atom is -0.389 e. The number of thiophene rings is 1. The number of aromatic nitrogens is 2. The highest BCUT2D eigenvalue weighted by atomic mass is 32.1. The maximum Gasteiger partial charge on any atom is 0.260 e. The lowest BCUT2D eigenvalue weighted by molar-refractivity contribution is -0.0109. The van der Waals surface area contributed by atoms with Gasteiger partial charge in [0.05, 0.1) is 30.7 Å². The lowest BCUT2D eigenvalue weighted by Crippen LogP contribution is -2.35. The molecule has 0 amide bonds. The molecule has 0 aliphatic rings. The van der Waals surface area contributed by atoms with Crippen LogP contribution in [0, 0.1) is 13.8 Å². The number of nitrogens with one attached hydrogen (secondary N) is 1. The first-order valence-corrected chi connectivity index (χ1v) is 12.8. The molecule has 7 heteroatoms. The summed E-state index contributed by atoms with van der Waals surface area (Å²) >= 11 is 1.49. The van der Waals surface area contributed by atoms with Crippen molar-refractivity contribution in [1.29, 1.82) is 0 Å². The van der Waals surface area contributed by atoms with Gasteiger partial charge in [0.1, 0.15) is 10.7 Å². The standard InChI is InChI=1S/C28H33N3O3S/c1-18(2)34-16-22(32)14-31(13-21-8-6-5-7-9-21)15-25-29-27(33)26-24(17-35-28(26)30-25)23-11-10-19(3)12-20(23)4/h5-12,17-18,22,32H,13-16H2,1-4H3,(H,29,30,33). The van der Waals surface area contributed by atoms with Crippen molar-refractivity contribution in [3.05, 3.63) is 86.8 Å². The number of aliphatic hydroxyl groups is 1. The van der Waals surface area contributed by atoms with Gasteiger partial charge in [0.2, 0.25) is 0 Å². The van der Waals surface area contributed by atoms with Crippen LogP contribution >= 0.6 is 11.3 Å². The van der Waals surface area contributed by atoms with Gasteiger partial charge in [0.15, 0.2) is 0 Å². The van der Waals surface area contributed by atoms with E-state index in [1.807, 2.05) is 37.4 Å². The second-order valence-corrected chi connectivity index (χ2v) is 10.2. The summed E-state index contributed by atoms with van der Waals surface area (Å²) in [6.07, 6.45) is -0.590. The molecule has 184 valence electrons. The number of aliphatic hydroxyl groups excluding tert-OH is 1. The van der Waals surface area contributed by atoms with Crippen molar-refractivity contribution in [2.75, 3.05) is 13.2 Å². The minimum absolute atomic E-state index is 0.0536. The summed E-state index contributed by atoms with van der Waals surface area (Å²) in [4.78, 5) is 23.8. The van der Waals surface area contributed by atoms with Gasteiger partial charge in [-0.3, -0.25) is 9.69 Å². The fraction of sp³-hybridized carbons (Fsp3) is 0.357. The first-order valence-electron chi connectivity index (χ1n) is 11.9. The molecule has 2 aromatic carbocycles. The van der Waals surface area contributed by atoms with E-state index in [1.54, 1.807) is 0 Å². The van der Waals surface area contributed by atoms with E-state index < -0.39 is 6.10 Å². The van der Waals surface area contributed by atoms with E-state index in [4.69, 9.17) is 9.72 Å². The molecule has 4 rings (SSSR count). The Morgan fingerprint density at radius 2 is 1.86 bits per heavy atom. The topological polar surface area (TPSA) is 78.5 Å². The summed E-state index contributed by atoms with van der Waals surface area (Å²) in [6.45, 7) is 9.73. The molecule has 0 aliphatic carbocycles. The molecule has 1 unspecified atom stereocenters. The summed E-state index contributed by atoms with van der Waals surface area (Å²) in [5.74, 6) is 0.587. The zero-order valence-electron chi connectivity index (χ0n) is 20.7. The molecule has 4 aromatic rings. The fourth-order valence-corrected chi connectivity index (χ4v) is 5.23. The predicted octanol–water partition coefficient (Wildman–Crippen LogP) is 5.06. The lowest BCUT2D eigenvalue weighted by atomic mass is 9.99. The van der Waals surface area contributed by atoms with E-state index in [0.717, 1.165) is 27.1 Å². The number of H-pyrrole nitrogens is 1. The molecule has 0 fully saturated rings. The summed E-state index contributed by atoms with van der Waals surface area (Å²) in [5.41, 5.74) is 5.30. The van der Waals surface area contributed by atoms with Crippen molar-refractivity contribution < 1.29 is 9.84 Å². The maximum atomic E-state index is 13.2. The first-order chi connectivity index (χ1) is 16.8. The molecular weight excluding hydrogens is 458 g/mol. The van der Waals surface area contributed by atoms with Crippen molar-refractivity contribution in [2.24, 2.45) is 0 Å². The molecule has 0 aliphatic heterocycles. The number of benzene rings is 2. The van der Waals surface area contributed by atoms with Crippen molar-refractivity contribution in [3.8, 4) is 11.1 Å². The molecule has 6 nitrogen and oxygen atoms in total. The molecule has 2 aromatic heterocycles. The van der Waals surface area contributed by atoms with Crippen LogP contribution in [0.3, 0.4) is 0 Å². The van der Waals surface area contributed by atoms with Crippen LogP contribution in [0.25, 0.3) is 21.3 Å². The van der Waals surface area contributed by atoms with E-state index in [-0.39, 0.29) is 18.3 Å². The van der Waals surface area contributed by atoms with Crippen molar-refractivity contribution >= 4 is 21.6 Å². The summed E-state index contributed by atoms with van der Waals surface area (Å²) < 4.78 is 5.60. The Bertz CT molecular complexity index is 1330. The van der Waals surface area contributed by atoms with E-state index in [2.05, 4.69) is 54.1 Å². The Morgan fingerprint density at radius 3 is 2.57 bits per heavy atom. The van der Waals surface area contributed by atoms with Gasteiger partial charge in [-0.25, -0.2) is 4.98 Å². The Labute approximate surface area is 210 Å². The minimum atomic E-state index is -0.644. The van der Waals surface area contributed by atoms with Gasteiger partial charge in [0, 0.05) is 24.0 Å². The van der Waals surface area contributed by atoms with Gasteiger partial charge < -0.3 is 14.8 Å². The molecule has 0 bridgehead atoms. The number of aromatic amines is 1. The average molecular weight is 492 g/mol. The normalized spacial score (nSPS) is 12.7. The van der Waals surface area contributed by atoms with E-state index >= 15 is 0 Å². The van der Waals surface area contributed by atoms with Crippen LogP contribution in [0.2, 0.25) is 0 Å². The van der Waals surface area contributed by atoms with E-state index in [1.165, 1.54) is 16.9 Å². The number of ether oxygens (including phenoxy) is 1. The van der Waals surface area contributed by atoms with Crippen LogP contribution < -0.4 is 5.56 Å². The van der Waals surface area contributed by atoms with Crippen LogP contribution in [-0.4, -0.2) is 45.3 Å². The molecule has 0 radical (unpaired) electrons. The Balaban J connectivity index is 1.60. The third-order valence-corrected chi connectivity index (χ3v) is 6.75. The molecule has 0 saturated carbocycles. The molecule has 1 atom stereocenters. The SMILES string of the molecule is Cc1ccc(-c2csc3nc(CN(Cc4ccccc4)CC(O)COC(C)C)[nH]c(=O)c23)c(C)c1. The molecule has 2 heterocycles. The molecule has 35 heavy (non-hydrogen) atoms. The maximum absolute atomic E-state index is 13.2. The largest absolute Gasteiger partial charge is 0.389 e. The Kier molecular flexibility index (Phi) is 8.13. The quantitative estimate of drug-likeness (QED) is 0.324. The summed E-state index contributed by atoms with van der Waals surface area (Å²) in [7, 11) is 0. The molecular formula is C28H33N3O3S. The second-order valence-electron chi connectivity index (χ2n) is 9.35. The molecule has 0 spiro atoms. The highest BCUT2D eigenvalue weighted by molar-refractivity contribution is 7.17. The highest BCUT2D eigenvalue weighted by Gasteiger charge is 2.18. The molecule has 2 N–H and O–H groups in total. The predicted molar refractivity (Wildman–Crippen MR) is 143 cm³/mol. The second kappa shape index (κ2) is 11.3. The third-order valence-electron chi connectivity index (χ3n) is 5.88. The average Bonchev–Trinajstić information content (AvgIpc) is 3.22. The first kappa shape index (κ1) is 25.3. The van der Waals surface area contributed by atoms with E-state index in [9.17, 15) is 9.90 Å². The lowest BCUT2D eigenvalue weighted by Gasteiger charge is -2.25. The Hall–Kier alpha value is -2.84. The van der Waals surface area contributed by atoms with Crippen molar-refractivity contribution in [1.82, 2.24) is 14.9 Å².